The summed E-state index contributed by atoms with van der Waals surface area (Å²) in [6.07, 6.45) is 9.68. The van der Waals surface area contributed by atoms with Crippen LogP contribution in [0.4, 0.5) is 11.6 Å². The lowest BCUT2D eigenvalue weighted by atomic mass is 9.87. The Kier molecular flexibility index (Phi) is 6.27. The number of rotatable bonds is 5. The number of carbonyl (C=O) groups is 1. The van der Waals surface area contributed by atoms with Gasteiger partial charge in [-0.05, 0) is 56.0 Å². The highest BCUT2D eigenvalue weighted by Crippen LogP contribution is 2.30. The maximum Gasteiger partial charge on any atom is 0.227 e. The van der Waals surface area contributed by atoms with E-state index in [0.717, 1.165) is 55.9 Å². The summed E-state index contributed by atoms with van der Waals surface area (Å²) in [6.45, 7) is 1.65. The zero-order valence-electron chi connectivity index (χ0n) is 17.1. The van der Waals surface area contributed by atoms with Gasteiger partial charge in [-0.25, -0.2) is 9.97 Å². The van der Waals surface area contributed by atoms with Crippen LogP contribution in [-0.2, 0) is 4.79 Å². The average molecular weight is 395 g/mol. The minimum atomic E-state index is 0.236. The van der Waals surface area contributed by atoms with Gasteiger partial charge in [0.1, 0.15) is 5.75 Å². The third-order valence-electron chi connectivity index (χ3n) is 6.13. The lowest BCUT2D eigenvalue weighted by Gasteiger charge is -2.35. The van der Waals surface area contributed by atoms with Crippen LogP contribution >= 0.6 is 0 Å². The van der Waals surface area contributed by atoms with Crippen molar-refractivity contribution in [3.63, 3.8) is 0 Å². The quantitative estimate of drug-likeness (QED) is 0.808. The highest BCUT2D eigenvalue weighted by atomic mass is 16.5. The predicted molar refractivity (Wildman–Crippen MR) is 113 cm³/mol. The number of carbonyl (C=O) groups excluding carboxylic acids is 1. The third kappa shape index (κ3) is 4.86. The second-order valence-corrected chi connectivity index (χ2v) is 8.12. The van der Waals surface area contributed by atoms with E-state index in [1.807, 2.05) is 30.3 Å². The topological polar surface area (TPSA) is 67.3 Å². The molecule has 1 atom stereocenters. The second kappa shape index (κ2) is 9.25. The van der Waals surface area contributed by atoms with Crippen LogP contribution in [0, 0.1) is 5.92 Å². The summed E-state index contributed by atoms with van der Waals surface area (Å²) in [5.41, 5.74) is 1.93. The molecular formula is C23H30N4O2. The zero-order chi connectivity index (χ0) is 20.1. The van der Waals surface area contributed by atoms with Crippen LogP contribution in [0.3, 0.4) is 0 Å². The maximum absolute atomic E-state index is 13.0. The molecule has 29 heavy (non-hydrogen) atoms. The van der Waals surface area contributed by atoms with Crippen LogP contribution in [0.25, 0.3) is 0 Å². The van der Waals surface area contributed by atoms with E-state index < -0.39 is 0 Å². The maximum atomic E-state index is 13.0. The average Bonchev–Trinajstić information content (AvgIpc) is 2.80. The van der Waals surface area contributed by atoms with Crippen LogP contribution in [0.1, 0.15) is 56.6 Å². The molecule has 2 aliphatic rings. The van der Waals surface area contributed by atoms with E-state index in [4.69, 9.17) is 9.72 Å². The Bertz CT molecular complexity index is 818. The first-order chi connectivity index (χ1) is 14.2. The summed E-state index contributed by atoms with van der Waals surface area (Å²) in [5.74, 6) is 2.27. The first-order valence-electron chi connectivity index (χ1n) is 10.8. The molecule has 1 saturated heterocycles. The van der Waals surface area contributed by atoms with E-state index >= 15 is 0 Å². The van der Waals surface area contributed by atoms with Crippen molar-refractivity contribution in [3.8, 4) is 5.75 Å². The lowest BCUT2D eigenvalue weighted by Crippen LogP contribution is -2.43. The van der Waals surface area contributed by atoms with E-state index in [-0.39, 0.29) is 11.8 Å². The molecule has 6 nitrogen and oxygen atoms in total. The number of hydrogen-bond donors (Lipinski definition) is 1. The predicted octanol–water partition coefficient (Wildman–Crippen LogP) is 4.52. The smallest absolute Gasteiger partial charge is 0.227 e. The Labute approximate surface area is 172 Å². The number of hydrogen-bond acceptors (Lipinski definition) is 5. The molecule has 1 N–H and O–H groups in total. The van der Waals surface area contributed by atoms with Crippen molar-refractivity contribution >= 4 is 17.5 Å². The Morgan fingerprint density at radius 2 is 1.86 bits per heavy atom. The van der Waals surface area contributed by atoms with Crippen molar-refractivity contribution < 1.29 is 9.53 Å². The van der Waals surface area contributed by atoms with Crippen LogP contribution in [-0.4, -0.2) is 41.0 Å². The van der Waals surface area contributed by atoms with Crippen molar-refractivity contribution in [2.45, 2.75) is 50.9 Å². The van der Waals surface area contributed by atoms with Gasteiger partial charge in [0, 0.05) is 36.8 Å². The van der Waals surface area contributed by atoms with Crippen LogP contribution in [0.15, 0.2) is 36.5 Å². The van der Waals surface area contributed by atoms with Gasteiger partial charge in [-0.15, -0.1) is 0 Å². The largest absolute Gasteiger partial charge is 0.497 e. The minimum Gasteiger partial charge on any atom is -0.497 e. The molecule has 0 radical (unpaired) electrons. The Hall–Kier alpha value is -2.63. The van der Waals surface area contributed by atoms with Crippen LogP contribution in [0.2, 0.25) is 0 Å². The Morgan fingerprint density at radius 3 is 2.62 bits per heavy atom. The highest BCUT2D eigenvalue weighted by Gasteiger charge is 2.30. The summed E-state index contributed by atoms with van der Waals surface area (Å²) in [7, 11) is 1.65. The van der Waals surface area contributed by atoms with E-state index in [0.29, 0.717) is 11.9 Å². The standard InChI is InChI=1S/C23H30N4O2/c1-29-20-11-9-19(10-12-20)25-23-24-14-13-21(26-23)18-8-5-15-27(16-18)22(28)17-6-3-2-4-7-17/h9-14,17-18H,2-8,15-16H2,1H3,(H,24,25,26)/t18-/m1/s1. The number of anilines is 2. The van der Waals surface area contributed by atoms with Gasteiger partial charge in [0.2, 0.25) is 11.9 Å². The minimum absolute atomic E-state index is 0.236. The molecule has 1 aromatic heterocycles. The fraction of sp³-hybridized carbons (Fsp3) is 0.522. The van der Waals surface area contributed by atoms with E-state index in [9.17, 15) is 4.79 Å². The molecule has 2 aromatic rings. The molecular weight excluding hydrogens is 364 g/mol. The zero-order valence-corrected chi connectivity index (χ0v) is 17.1. The van der Waals surface area contributed by atoms with Gasteiger partial charge in [0.05, 0.1) is 12.8 Å². The van der Waals surface area contributed by atoms with Crippen LogP contribution in [0.5, 0.6) is 5.75 Å². The number of piperidine rings is 1. The number of methoxy groups -OCH3 is 1. The molecule has 1 aliphatic heterocycles. The molecule has 4 rings (SSSR count). The van der Waals surface area contributed by atoms with Crippen LogP contribution < -0.4 is 10.1 Å². The van der Waals surface area contributed by atoms with Gasteiger partial charge >= 0.3 is 0 Å². The first-order valence-corrected chi connectivity index (χ1v) is 10.8. The van der Waals surface area contributed by atoms with E-state index in [1.165, 1.54) is 19.3 Å². The van der Waals surface area contributed by atoms with Crippen molar-refractivity contribution in [2.24, 2.45) is 5.92 Å². The van der Waals surface area contributed by atoms with Crippen molar-refractivity contribution in [1.29, 1.82) is 0 Å². The van der Waals surface area contributed by atoms with Crippen molar-refractivity contribution in [3.05, 3.63) is 42.2 Å². The number of nitrogens with zero attached hydrogens (tertiary/aromatic N) is 3. The number of ether oxygens (including phenoxy) is 1. The lowest BCUT2D eigenvalue weighted by molar-refractivity contribution is -0.137. The van der Waals surface area contributed by atoms with E-state index in [2.05, 4.69) is 15.2 Å². The van der Waals surface area contributed by atoms with Gasteiger partial charge in [0.25, 0.3) is 0 Å². The van der Waals surface area contributed by atoms with Gasteiger partial charge in [-0.3, -0.25) is 4.79 Å². The molecule has 6 heteroatoms. The third-order valence-corrected chi connectivity index (χ3v) is 6.13. The summed E-state index contributed by atoms with van der Waals surface area (Å²) >= 11 is 0. The monoisotopic (exact) mass is 394 g/mol. The van der Waals surface area contributed by atoms with Crippen molar-refractivity contribution in [2.75, 3.05) is 25.5 Å². The van der Waals surface area contributed by atoms with Gasteiger partial charge in [-0.2, -0.15) is 0 Å². The molecule has 1 amide bonds. The number of nitrogens with one attached hydrogen (secondary N) is 1. The fourth-order valence-electron chi connectivity index (χ4n) is 4.49. The first kappa shape index (κ1) is 19.7. The number of aromatic nitrogens is 2. The summed E-state index contributed by atoms with van der Waals surface area (Å²) in [6, 6.07) is 9.68. The summed E-state index contributed by atoms with van der Waals surface area (Å²) in [5, 5.41) is 3.26. The highest BCUT2D eigenvalue weighted by molar-refractivity contribution is 5.79. The molecule has 1 saturated carbocycles. The second-order valence-electron chi connectivity index (χ2n) is 8.12. The molecule has 154 valence electrons. The molecule has 2 heterocycles. The number of likely N-dealkylation sites (tertiary alicyclic amines) is 1. The van der Waals surface area contributed by atoms with Gasteiger partial charge in [-0.1, -0.05) is 19.3 Å². The van der Waals surface area contributed by atoms with E-state index in [1.54, 1.807) is 13.3 Å². The Balaban J connectivity index is 1.42. The molecule has 0 bridgehead atoms. The summed E-state index contributed by atoms with van der Waals surface area (Å²) in [4.78, 5) is 24.2. The van der Waals surface area contributed by atoms with Crippen molar-refractivity contribution in [1.82, 2.24) is 14.9 Å². The summed E-state index contributed by atoms with van der Waals surface area (Å²) < 4.78 is 5.20. The molecule has 0 unspecified atom stereocenters. The van der Waals surface area contributed by atoms with Gasteiger partial charge in [0.15, 0.2) is 0 Å². The normalized spacial score (nSPS) is 20.3. The molecule has 1 aliphatic carbocycles. The van der Waals surface area contributed by atoms with Gasteiger partial charge < -0.3 is 15.0 Å². The number of amides is 1. The SMILES string of the molecule is COc1ccc(Nc2nccc([C@@H]3CCCN(C(=O)C4CCCCC4)C3)n2)cc1. The fourth-order valence-corrected chi connectivity index (χ4v) is 4.49. The molecule has 1 aromatic carbocycles. The Morgan fingerprint density at radius 1 is 1.07 bits per heavy atom. The molecule has 0 spiro atoms. The molecule has 2 fully saturated rings. The number of benzene rings is 1.